The van der Waals surface area contributed by atoms with Crippen molar-refractivity contribution >= 4 is 11.6 Å². The Hall–Kier alpha value is -5.69. The van der Waals surface area contributed by atoms with Crippen LogP contribution >= 0.6 is 11.6 Å². The van der Waals surface area contributed by atoms with Crippen LogP contribution in [-0.2, 0) is 22.7 Å². The van der Waals surface area contributed by atoms with E-state index in [0.29, 0.717) is 71.8 Å². The molecule has 7 rings (SSSR count). The van der Waals surface area contributed by atoms with Crippen LogP contribution in [0.5, 0.6) is 23.0 Å². The lowest BCUT2D eigenvalue weighted by molar-refractivity contribution is -0.0673. The summed E-state index contributed by atoms with van der Waals surface area (Å²) in [5.41, 5.74) is 10.2. The van der Waals surface area contributed by atoms with Crippen LogP contribution in [0.15, 0.2) is 121 Å². The van der Waals surface area contributed by atoms with Gasteiger partial charge in [0.2, 0.25) is 5.92 Å². The molecule has 0 aliphatic heterocycles. The van der Waals surface area contributed by atoms with Gasteiger partial charge >= 0.3 is 0 Å². The van der Waals surface area contributed by atoms with E-state index in [-0.39, 0.29) is 37.2 Å². The van der Waals surface area contributed by atoms with Crippen LogP contribution in [0.1, 0.15) is 209 Å². The second-order valence-electron chi connectivity index (χ2n) is 23.5. The maximum absolute atomic E-state index is 13.6. The van der Waals surface area contributed by atoms with Gasteiger partial charge in [-0.1, -0.05) is 167 Å². The maximum Gasteiger partial charge on any atom is 0.268 e. The van der Waals surface area contributed by atoms with E-state index in [1.54, 1.807) is 31.4 Å². The van der Waals surface area contributed by atoms with Crippen LogP contribution in [0.2, 0.25) is 5.02 Å². The van der Waals surface area contributed by atoms with Crippen molar-refractivity contribution in [2.24, 2.45) is 5.92 Å². The van der Waals surface area contributed by atoms with Crippen molar-refractivity contribution in [1.29, 1.82) is 0 Å². The Morgan fingerprint density at radius 3 is 1.33 bits per heavy atom. The van der Waals surface area contributed by atoms with Crippen molar-refractivity contribution in [3.8, 4) is 23.0 Å². The van der Waals surface area contributed by atoms with E-state index in [0.717, 1.165) is 47.6 Å². The Morgan fingerprint density at radius 2 is 0.941 bits per heavy atom. The number of aryl methyl sites for hydroxylation is 1. The third-order valence-electron chi connectivity index (χ3n) is 13.5. The molecule has 472 valence electrons. The van der Waals surface area contributed by atoms with E-state index in [2.05, 4.69) is 106 Å². The summed E-state index contributed by atoms with van der Waals surface area (Å²) in [6.45, 7) is 32.6. The first-order chi connectivity index (χ1) is 39.9. The lowest BCUT2D eigenvalue weighted by Crippen LogP contribution is -2.18. The third-order valence-corrected chi connectivity index (χ3v) is 13.8. The molecule has 6 aromatic rings. The highest BCUT2D eigenvalue weighted by atomic mass is 35.5. The van der Waals surface area contributed by atoms with Crippen LogP contribution in [0.4, 0.5) is 26.3 Å². The Morgan fingerprint density at radius 1 is 0.494 bits per heavy atom. The molecular weight excluding hydrogens is 1110 g/mol. The SMILES string of the molecule is CC(C)c1ccc(COCC(C)(F)F)cc1.CC(C)c1ccc(COCCC(C)(F)F)cc1.CC(C)c1ccc(OCC2CC2)c(F)c1.CCOc1ccc(C(C)C)cc1Cl.COc1ccc(C(C)C)c(C)c1.COc1ccc(C(C)C)c(F)c1. The van der Waals surface area contributed by atoms with E-state index in [1.165, 1.54) is 53.8 Å². The van der Waals surface area contributed by atoms with E-state index in [4.69, 9.17) is 40.0 Å². The van der Waals surface area contributed by atoms with Crippen molar-refractivity contribution in [2.75, 3.05) is 40.6 Å². The number of benzene rings is 6. The van der Waals surface area contributed by atoms with Crippen molar-refractivity contribution < 1.29 is 54.8 Å². The molecule has 0 aromatic heterocycles. The molecule has 0 radical (unpaired) electrons. The summed E-state index contributed by atoms with van der Waals surface area (Å²) < 4.78 is 108. The molecule has 1 saturated carbocycles. The van der Waals surface area contributed by atoms with Crippen LogP contribution in [-0.4, -0.2) is 52.5 Å². The van der Waals surface area contributed by atoms with Gasteiger partial charge < -0.3 is 28.4 Å². The van der Waals surface area contributed by atoms with Crippen molar-refractivity contribution in [2.45, 2.75) is 191 Å². The lowest BCUT2D eigenvalue weighted by atomic mass is 9.98. The van der Waals surface area contributed by atoms with Gasteiger partial charge in [-0.25, -0.2) is 26.3 Å². The number of methoxy groups -OCH3 is 2. The average Bonchev–Trinajstić information content (AvgIpc) is 4.46. The van der Waals surface area contributed by atoms with Crippen molar-refractivity contribution in [1.82, 2.24) is 0 Å². The molecule has 0 unspecified atom stereocenters. The first-order valence-corrected chi connectivity index (χ1v) is 30.2. The standard InChI is InChI=1S/C14H20F2O.C13H18F2O.C13H17FO.C11H15ClO.C11H16O.C10H13FO/c1-11(2)13-6-4-12(5-7-13)10-17-9-8-14(3,15)16;1-10(2)12-6-4-11(5-7-12)8-16-9-13(3,14)15;1-9(2)11-5-6-13(12(14)7-11)15-8-10-3-4-10;1-4-13-11-6-5-9(8(2)3)7-10(11)12;1-8(2)11-6-5-10(12-4)7-9(11)3;1-7(2)9-5-4-8(12-3)6-10(9)11/h4-7,11H,8-10H2,1-3H3;4-7,10H,8-9H2,1-3H3;5-7,9-10H,3-4,8H2,1-2H3;5-8H,4H2,1-3H3;5-8H,1-4H3;4-7H,1-3H3. The highest BCUT2D eigenvalue weighted by Gasteiger charge is 2.23. The summed E-state index contributed by atoms with van der Waals surface area (Å²) in [5, 5.41) is 0.702. The smallest absolute Gasteiger partial charge is 0.268 e. The molecule has 0 amide bonds. The van der Waals surface area contributed by atoms with Crippen LogP contribution in [0.25, 0.3) is 0 Å². The summed E-state index contributed by atoms with van der Waals surface area (Å²) in [5.74, 6) is 0.184. The highest BCUT2D eigenvalue weighted by molar-refractivity contribution is 6.32. The third kappa shape index (κ3) is 31.5. The molecule has 1 aliphatic rings. The van der Waals surface area contributed by atoms with Gasteiger partial charge in [0.1, 0.15) is 29.7 Å². The molecular formula is C72H99ClF6O6. The predicted octanol–water partition coefficient (Wildman–Crippen LogP) is 22.0. The van der Waals surface area contributed by atoms with Crippen molar-refractivity contribution in [3.05, 3.63) is 188 Å². The number of hydrogen-bond donors (Lipinski definition) is 0. The number of alkyl halides is 4. The molecule has 0 spiro atoms. The van der Waals surface area contributed by atoms with Crippen LogP contribution < -0.4 is 18.9 Å². The molecule has 0 N–H and O–H groups in total. The lowest BCUT2D eigenvalue weighted by Gasteiger charge is -2.11. The summed E-state index contributed by atoms with van der Waals surface area (Å²) >= 11 is 6.03. The largest absolute Gasteiger partial charge is 0.497 e. The first-order valence-electron chi connectivity index (χ1n) is 29.8. The minimum absolute atomic E-state index is 0.0927. The number of ether oxygens (including phenoxy) is 6. The zero-order chi connectivity index (χ0) is 64.0. The molecule has 1 fully saturated rings. The van der Waals surface area contributed by atoms with Gasteiger partial charge in [0.05, 0.1) is 52.3 Å². The van der Waals surface area contributed by atoms with E-state index in [1.807, 2.05) is 81.4 Å². The molecule has 0 heterocycles. The maximum atomic E-state index is 13.6. The Labute approximate surface area is 512 Å². The minimum Gasteiger partial charge on any atom is -0.497 e. The fourth-order valence-corrected chi connectivity index (χ4v) is 8.19. The molecule has 13 heteroatoms. The molecule has 0 bridgehead atoms. The fraction of sp³-hybridized carbons (Fsp3) is 0.500. The van der Waals surface area contributed by atoms with Gasteiger partial charge in [-0.2, -0.15) is 0 Å². The first kappa shape index (κ1) is 75.4. The fourth-order valence-electron chi connectivity index (χ4n) is 7.95. The number of hydrogen-bond acceptors (Lipinski definition) is 6. The zero-order valence-corrected chi connectivity index (χ0v) is 54.8. The van der Waals surface area contributed by atoms with Gasteiger partial charge in [0.15, 0.2) is 11.6 Å². The highest BCUT2D eigenvalue weighted by Crippen LogP contribution is 2.32. The molecule has 85 heavy (non-hydrogen) atoms. The van der Waals surface area contributed by atoms with Gasteiger partial charge in [0.25, 0.3) is 5.92 Å². The van der Waals surface area contributed by atoms with Gasteiger partial charge in [-0.3, -0.25) is 0 Å². The minimum atomic E-state index is -2.75. The van der Waals surface area contributed by atoms with Gasteiger partial charge in [0, 0.05) is 19.4 Å². The summed E-state index contributed by atoms with van der Waals surface area (Å²) in [6.07, 6.45) is 2.23. The normalized spacial score (nSPS) is 12.0. The zero-order valence-electron chi connectivity index (χ0n) is 54.0. The average molecular weight is 1210 g/mol. The molecule has 6 aromatic carbocycles. The van der Waals surface area contributed by atoms with E-state index < -0.39 is 18.5 Å². The molecule has 0 saturated heterocycles. The van der Waals surface area contributed by atoms with Gasteiger partial charge in [-0.15, -0.1) is 0 Å². The number of rotatable bonds is 22. The van der Waals surface area contributed by atoms with Crippen LogP contribution in [0, 0.1) is 24.5 Å². The van der Waals surface area contributed by atoms with Gasteiger partial charge in [-0.05, 0) is 168 Å². The van der Waals surface area contributed by atoms with Crippen molar-refractivity contribution in [3.63, 3.8) is 0 Å². The monoisotopic (exact) mass is 1210 g/mol. The van der Waals surface area contributed by atoms with E-state index >= 15 is 0 Å². The summed E-state index contributed by atoms with van der Waals surface area (Å²) in [7, 11) is 3.23. The Kier molecular flexibility index (Phi) is 34.1. The molecule has 0 atom stereocenters. The topological polar surface area (TPSA) is 55.4 Å². The predicted molar refractivity (Wildman–Crippen MR) is 341 cm³/mol. The molecule has 1 aliphatic carbocycles. The van der Waals surface area contributed by atoms with E-state index in [9.17, 15) is 26.3 Å². The number of halogens is 7. The Bertz CT molecular complexity index is 2720. The quantitative estimate of drug-likeness (QED) is 0.0499. The molecule has 6 nitrogen and oxygen atoms in total. The second kappa shape index (κ2) is 38.5. The van der Waals surface area contributed by atoms with Crippen LogP contribution in [0.3, 0.4) is 0 Å². The Balaban J connectivity index is 0.000000350. The second-order valence-corrected chi connectivity index (χ2v) is 23.9. The summed E-state index contributed by atoms with van der Waals surface area (Å²) in [6, 6.07) is 38.3. The summed E-state index contributed by atoms with van der Waals surface area (Å²) in [4.78, 5) is 0.